The van der Waals surface area contributed by atoms with Gasteiger partial charge in [-0.1, -0.05) is 25.2 Å². The molecule has 0 bridgehead atoms. The molecule has 0 saturated carbocycles. The summed E-state index contributed by atoms with van der Waals surface area (Å²) in [5.74, 6) is 0. The van der Waals surface area contributed by atoms with Gasteiger partial charge in [0.15, 0.2) is 0 Å². The molecule has 13 heavy (non-hydrogen) atoms. The van der Waals surface area contributed by atoms with Gasteiger partial charge in [0.05, 0.1) is 0 Å². The minimum Gasteiger partial charge on any atom is -0.374 e. The van der Waals surface area contributed by atoms with Crippen LogP contribution in [0.25, 0.3) is 0 Å². The normalized spacial score (nSPS) is 11.9. The van der Waals surface area contributed by atoms with E-state index in [-0.39, 0.29) is 5.41 Å². The van der Waals surface area contributed by atoms with Crippen LogP contribution in [0, 0.1) is 0 Å². The van der Waals surface area contributed by atoms with Crippen LogP contribution in [-0.4, -0.2) is 16.7 Å². The summed E-state index contributed by atoms with van der Waals surface area (Å²) in [4.78, 5) is 0. The van der Waals surface area contributed by atoms with Gasteiger partial charge in [0.2, 0.25) is 5.13 Å². The van der Waals surface area contributed by atoms with Crippen molar-refractivity contribution in [2.45, 2.75) is 32.1 Å². The fraction of sp³-hybridized carbons (Fsp3) is 0.750. The number of anilines is 1. The second kappa shape index (κ2) is 4.02. The van der Waals surface area contributed by atoms with Crippen molar-refractivity contribution in [2.75, 3.05) is 12.3 Å². The van der Waals surface area contributed by atoms with Crippen LogP contribution >= 0.6 is 11.3 Å². The maximum Gasteiger partial charge on any atom is 0.203 e. The Morgan fingerprint density at radius 3 is 2.23 bits per heavy atom. The molecule has 0 fully saturated rings. The molecule has 0 aromatic carbocycles. The first-order chi connectivity index (χ1) is 6.18. The van der Waals surface area contributed by atoms with Crippen molar-refractivity contribution in [2.24, 2.45) is 5.73 Å². The summed E-state index contributed by atoms with van der Waals surface area (Å²) in [5, 5.41) is 9.37. The Morgan fingerprint density at radius 2 is 1.92 bits per heavy atom. The van der Waals surface area contributed by atoms with Crippen LogP contribution in [0.1, 0.15) is 31.7 Å². The summed E-state index contributed by atoms with van der Waals surface area (Å²) in [6, 6.07) is 0. The molecule has 0 saturated heterocycles. The van der Waals surface area contributed by atoms with Crippen LogP contribution in [0.4, 0.5) is 5.13 Å². The van der Waals surface area contributed by atoms with Crippen LogP contribution < -0.4 is 11.5 Å². The second-order valence-corrected chi connectivity index (χ2v) is 4.15. The lowest BCUT2D eigenvalue weighted by atomic mass is 9.83. The van der Waals surface area contributed by atoms with E-state index in [0.29, 0.717) is 11.7 Å². The number of nitrogens with zero attached hydrogens (tertiary/aromatic N) is 2. The lowest BCUT2D eigenvalue weighted by Crippen LogP contribution is -2.33. The summed E-state index contributed by atoms with van der Waals surface area (Å²) in [6.45, 7) is 4.84. The summed E-state index contributed by atoms with van der Waals surface area (Å²) < 4.78 is 0. The van der Waals surface area contributed by atoms with Crippen molar-refractivity contribution in [1.29, 1.82) is 0 Å². The SMILES string of the molecule is CCC(CC)(CN)c1nnc(N)s1. The minimum atomic E-state index is -0.0186. The van der Waals surface area contributed by atoms with Gasteiger partial charge >= 0.3 is 0 Å². The maximum atomic E-state index is 5.77. The molecule has 5 heteroatoms. The Labute approximate surface area is 82.3 Å². The van der Waals surface area contributed by atoms with Gasteiger partial charge in [0.25, 0.3) is 0 Å². The van der Waals surface area contributed by atoms with Gasteiger partial charge in [-0.05, 0) is 12.8 Å². The monoisotopic (exact) mass is 200 g/mol. The number of nitrogens with two attached hydrogens (primary N) is 2. The van der Waals surface area contributed by atoms with Gasteiger partial charge in [-0.15, -0.1) is 10.2 Å². The van der Waals surface area contributed by atoms with Crippen LogP contribution in [0.2, 0.25) is 0 Å². The summed E-state index contributed by atoms with van der Waals surface area (Å²) >= 11 is 1.44. The Balaban J connectivity index is 3.00. The average molecular weight is 200 g/mol. The van der Waals surface area contributed by atoms with Crippen molar-refractivity contribution in [3.63, 3.8) is 0 Å². The number of aromatic nitrogens is 2. The summed E-state index contributed by atoms with van der Waals surface area (Å²) in [7, 11) is 0. The molecule has 0 spiro atoms. The van der Waals surface area contributed by atoms with Crippen molar-refractivity contribution in [1.82, 2.24) is 10.2 Å². The van der Waals surface area contributed by atoms with Crippen LogP contribution in [0.5, 0.6) is 0 Å². The number of rotatable bonds is 4. The molecular weight excluding hydrogens is 184 g/mol. The van der Waals surface area contributed by atoms with Crippen molar-refractivity contribution in [3.8, 4) is 0 Å². The molecule has 74 valence electrons. The van der Waals surface area contributed by atoms with Gasteiger partial charge in [-0.3, -0.25) is 0 Å². The third-order valence-electron chi connectivity index (χ3n) is 2.64. The molecule has 1 heterocycles. The van der Waals surface area contributed by atoms with E-state index in [1.807, 2.05) is 0 Å². The zero-order valence-corrected chi connectivity index (χ0v) is 8.90. The fourth-order valence-electron chi connectivity index (χ4n) is 1.38. The topological polar surface area (TPSA) is 77.8 Å². The molecule has 0 aliphatic carbocycles. The predicted octanol–water partition coefficient (Wildman–Crippen LogP) is 1.14. The Hall–Kier alpha value is -0.680. The van der Waals surface area contributed by atoms with E-state index in [1.165, 1.54) is 11.3 Å². The van der Waals surface area contributed by atoms with Gasteiger partial charge in [-0.25, -0.2) is 0 Å². The first-order valence-electron chi connectivity index (χ1n) is 4.48. The van der Waals surface area contributed by atoms with Crippen LogP contribution in [0.15, 0.2) is 0 Å². The fourth-order valence-corrected chi connectivity index (χ4v) is 2.33. The first-order valence-corrected chi connectivity index (χ1v) is 5.29. The third kappa shape index (κ3) is 1.81. The van der Waals surface area contributed by atoms with Gasteiger partial charge in [-0.2, -0.15) is 0 Å². The molecule has 0 aliphatic rings. The molecule has 1 rings (SSSR count). The number of hydrogen-bond acceptors (Lipinski definition) is 5. The molecule has 0 unspecified atom stereocenters. The maximum absolute atomic E-state index is 5.77. The molecule has 1 aromatic heterocycles. The molecule has 0 aliphatic heterocycles. The Bertz CT molecular complexity index is 259. The van der Waals surface area contributed by atoms with E-state index in [1.54, 1.807) is 0 Å². The van der Waals surface area contributed by atoms with Crippen LogP contribution in [-0.2, 0) is 5.41 Å². The molecule has 0 atom stereocenters. The minimum absolute atomic E-state index is 0.0186. The van der Waals surface area contributed by atoms with E-state index >= 15 is 0 Å². The van der Waals surface area contributed by atoms with Crippen LogP contribution in [0.3, 0.4) is 0 Å². The third-order valence-corrected chi connectivity index (χ3v) is 3.64. The van der Waals surface area contributed by atoms with E-state index in [2.05, 4.69) is 24.0 Å². The van der Waals surface area contributed by atoms with E-state index < -0.39 is 0 Å². The molecule has 1 aromatic rings. The van der Waals surface area contributed by atoms with Crippen molar-refractivity contribution < 1.29 is 0 Å². The Morgan fingerprint density at radius 1 is 1.31 bits per heavy atom. The second-order valence-electron chi connectivity index (χ2n) is 3.14. The highest BCUT2D eigenvalue weighted by atomic mass is 32.1. The smallest absolute Gasteiger partial charge is 0.203 e. The average Bonchev–Trinajstić information content (AvgIpc) is 2.57. The molecule has 4 N–H and O–H groups in total. The number of nitrogen functional groups attached to an aromatic ring is 1. The largest absolute Gasteiger partial charge is 0.374 e. The molecule has 0 radical (unpaired) electrons. The number of hydrogen-bond donors (Lipinski definition) is 2. The highest BCUT2D eigenvalue weighted by Gasteiger charge is 2.30. The Kier molecular flexibility index (Phi) is 3.22. The lowest BCUT2D eigenvalue weighted by Gasteiger charge is -2.26. The van der Waals surface area contributed by atoms with Gasteiger partial charge < -0.3 is 11.5 Å². The lowest BCUT2D eigenvalue weighted by molar-refractivity contribution is 0.402. The first kappa shape index (κ1) is 10.4. The van der Waals surface area contributed by atoms with Gasteiger partial charge in [0, 0.05) is 12.0 Å². The van der Waals surface area contributed by atoms with Crippen molar-refractivity contribution >= 4 is 16.5 Å². The van der Waals surface area contributed by atoms with E-state index in [0.717, 1.165) is 17.8 Å². The quantitative estimate of drug-likeness (QED) is 0.764. The summed E-state index contributed by atoms with van der Waals surface area (Å²) in [6.07, 6.45) is 1.96. The highest BCUT2D eigenvalue weighted by molar-refractivity contribution is 7.15. The molecule has 4 nitrogen and oxygen atoms in total. The zero-order valence-electron chi connectivity index (χ0n) is 8.08. The highest BCUT2D eigenvalue weighted by Crippen LogP contribution is 2.33. The molecule has 0 amide bonds. The summed E-state index contributed by atoms with van der Waals surface area (Å²) in [5.41, 5.74) is 11.3. The van der Waals surface area contributed by atoms with E-state index in [9.17, 15) is 0 Å². The zero-order chi connectivity index (χ0) is 9.90. The standard InChI is InChI=1S/C8H16N4S/c1-3-8(4-2,5-9)6-11-12-7(10)13-6/h3-5,9H2,1-2H3,(H2,10,12). The van der Waals surface area contributed by atoms with Crippen molar-refractivity contribution in [3.05, 3.63) is 5.01 Å². The predicted molar refractivity (Wildman–Crippen MR) is 55.6 cm³/mol. The molecular formula is C8H16N4S. The van der Waals surface area contributed by atoms with E-state index in [4.69, 9.17) is 11.5 Å². The van der Waals surface area contributed by atoms with Gasteiger partial charge in [0.1, 0.15) is 5.01 Å².